The van der Waals surface area contributed by atoms with E-state index in [0.29, 0.717) is 0 Å². The van der Waals surface area contributed by atoms with E-state index in [2.05, 4.69) is 20.9 Å². The quantitative estimate of drug-likeness (QED) is 0.832. The van der Waals surface area contributed by atoms with E-state index in [1.807, 2.05) is 0 Å². The van der Waals surface area contributed by atoms with Gasteiger partial charge < -0.3 is 10.1 Å². The zero-order chi connectivity index (χ0) is 11.6. The Bertz CT molecular complexity index is 444. The molecule has 0 aromatic carbocycles. The van der Waals surface area contributed by atoms with Gasteiger partial charge in [-0.05, 0) is 0 Å². The molecule has 1 rings (SSSR count). The van der Waals surface area contributed by atoms with Gasteiger partial charge in [-0.25, -0.2) is 13.6 Å². The summed E-state index contributed by atoms with van der Waals surface area (Å²) < 4.78 is 25.0. The third-order valence-corrected chi connectivity index (χ3v) is 2.35. The fourth-order valence-electron chi connectivity index (χ4n) is 1.08. The molecule has 7 heteroatoms. The summed E-state index contributed by atoms with van der Waals surface area (Å²) in [5, 5.41) is 8.59. The maximum atomic E-state index is 12.5. The molecular formula is C8H6BrF2NO3. The summed E-state index contributed by atoms with van der Waals surface area (Å²) in [7, 11) is 0. The van der Waals surface area contributed by atoms with Gasteiger partial charge in [-0.15, -0.1) is 0 Å². The molecule has 0 fully saturated rings. The Morgan fingerprint density at radius 1 is 1.60 bits per heavy atom. The Labute approximate surface area is 91.1 Å². The molecule has 0 atom stereocenters. The predicted molar refractivity (Wildman–Crippen MR) is 51.6 cm³/mol. The van der Waals surface area contributed by atoms with Crippen LogP contribution in [-0.2, 0) is 5.33 Å². The summed E-state index contributed by atoms with van der Waals surface area (Å²) in [6, 6.07) is 0. The highest BCUT2D eigenvalue weighted by atomic mass is 79.9. The average Bonchev–Trinajstić information content (AvgIpc) is 2.15. The lowest BCUT2D eigenvalue weighted by molar-refractivity contribution is 0.0694. The molecule has 0 aliphatic rings. The number of aromatic amines is 1. The van der Waals surface area contributed by atoms with Gasteiger partial charge in [0.25, 0.3) is 6.43 Å². The van der Waals surface area contributed by atoms with Crippen LogP contribution in [-0.4, -0.2) is 16.1 Å². The van der Waals surface area contributed by atoms with E-state index < -0.39 is 29.0 Å². The second-order valence-electron chi connectivity index (χ2n) is 2.66. The van der Waals surface area contributed by atoms with Crippen molar-refractivity contribution >= 4 is 21.9 Å². The monoisotopic (exact) mass is 281 g/mol. The summed E-state index contributed by atoms with van der Waals surface area (Å²) in [4.78, 5) is 24.2. The van der Waals surface area contributed by atoms with E-state index in [1.54, 1.807) is 0 Å². The fourth-order valence-corrected chi connectivity index (χ4v) is 1.55. The third kappa shape index (κ3) is 2.23. The second-order valence-corrected chi connectivity index (χ2v) is 3.22. The van der Waals surface area contributed by atoms with E-state index in [9.17, 15) is 18.4 Å². The molecule has 1 aromatic heterocycles. The first kappa shape index (κ1) is 11.8. The minimum atomic E-state index is -3.00. The van der Waals surface area contributed by atoms with Crippen LogP contribution in [0.1, 0.15) is 28.0 Å². The molecule has 4 nitrogen and oxygen atoms in total. The lowest BCUT2D eigenvalue weighted by Gasteiger charge is -2.06. The second kappa shape index (κ2) is 4.52. The number of aromatic carboxylic acids is 1. The molecule has 0 unspecified atom stereocenters. The van der Waals surface area contributed by atoms with E-state index in [4.69, 9.17) is 5.11 Å². The summed E-state index contributed by atoms with van der Waals surface area (Å²) in [5.41, 5.74) is -2.65. The van der Waals surface area contributed by atoms with Gasteiger partial charge in [-0.3, -0.25) is 4.79 Å². The van der Waals surface area contributed by atoms with Crippen molar-refractivity contribution in [3.05, 3.63) is 33.2 Å². The standard InChI is InChI=1S/C8H6BrF2NO3/c9-1-4-5(7(10)11)6(13)3(2-12-4)8(14)15/h2,7H,1H2,(H,12,13)(H,14,15). The predicted octanol–water partition coefficient (Wildman–Crippen LogP) is 1.91. The van der Waals surface area contributed by atoms with Crippen molar-refractivity contribution in [2.45, 2.75) is 11.8 Å². The van der Waals surface area contributed by atoms with Crippen LogP contribution in [0.5, 0.6) is 0 Å². The highest BCUT2D eigenvalue weighted by Crippen LogP contribution is 2.20. The number of carbonyl (C=O) groups is 1. The SMILES string of the molecule is O=C(O)c1c[nH]c(CBr)c(C(F)F)c1=O. The van der Waals surface area contributed by atoms with Crippen LogP contribution >= 0.6 is 15.9 Å². The van der Waals surface area contributed by atoms with E-state index in [-0.39, 0.29) is 11.0 Å². The van der Waals surface area contributed by atoms with E-state index in [1.165, 1.54) is 0 Å². The fraction of sp³-hybridized carbons (Fsp3) is 0.250. The summed E-state index contributed by atoms with van der Waals surface area (Å²) >= 11 is 2.92. The molecule has 0 aliphatic heterocycles. The van der Waals surface area contributed by atoms with Gasteiger partial charge in [0.05, 0.1) is 5.56 Å². The molecule has 0 spiro atoms. The van der Waals surface area contributed by atoms with E-state index >= 15 is 0 Å². The molecule has 0 saturated heterocycles. The molecule has 0 amide bonds. The first-order valence-electron chi connectivity index (χ1n) is 3.81. The number of nitrogens with one attached hydrogen (secondary N) is 1. The molecule has 0 radical (unpaired) electrons. The van der Waals surface area contributed by atoms with Crippen LogP contribution in [0.15, 0.2) is 11.0 Å². The van der Waals surface area contributed by atoms with Crippen LogP contribution in [0.4, 0.5) is 8.78 Å². The Kier molecular flexibility index (Phi) is 3.57. The number of rotatable bonds is 3. The number of carboxylic acid groups (broad SMARTS) is 1. The summed E-state index contributed by atoms with van der Waals surface area (Å²) in [6.07, 6.45) is -2.09. The number of carboxylic acids is 1. The van der Waals surface area contributed by atoms with Crippen LogP contribution in [0.3, 0.4) is 0 Å². The molecular weight excluding hydrogens is 276 g/mol. The topological polar surface area (TPSA) is 70.2 Å². The molecule has 0 bridgehead atoms. The number of pyridine rings is 1. The van der Waals surface area contributed by atoms with Crippen molar-refractivity contribution in [2.24, 2.45) is 0 Å². The highest BCUT2D eigenvalue weighted by Gasteiger charge is 2.21. The Balaban J connectivity index is 3.50. The van der Waals surface area contributed by atoms with Crippen molar-refractivity contribution in [1.82, 2.24) is 4.98 Å². The molecule has 82 valence electrons. The minimum Gasteiger partial charge on any atom is -0.477 e. The van der Waals surface area contributed by atoms with Gasteiger partial charge in [0.1, 0.15) is 5.56 Å². The smallest absolute Gasteiger partial charge is 0.341 e. The number of hydrogen-bond acceptors (Lipinski definition) is 2. The van der Waals surface area contributed by atoms with Crippen LogP contribution < -0.4 is 5.43 Å². The van der Waals surface area contributed by atoms with Crippen LogP contribution in [0, 0.1) is 0 Å². The van der Waals surface area contributed by atoms with Crippen molar-refractivity contribution in [1.29, 1.82) is 0 Å². The van der Waals surface area contributed by atoms with Gasteiger partial charge in [0, 0.05) is 17.2 Å². The number of H-pyrrole nitrogens is 1. The molecule has 1 aromatic rings. The van der Waals surface area contributed by atoms with E-state index in [0.717, 1.165) is 6.20 Å². The summed E-state index contributed by atoms with van der Waals surface area (Å²) in [6.45, 7) is 0. The lowest BCUT2D eigenvalue weighted by atomic mass is 10.1. The lowest BCUT2D eigenvalue weighted by Crippen LogP contribution is -2.21. The van der Waals surface area contributed by atoms with Crippen LogP contribution in [0.2, 0.25) is 0 Å². The van der Waals surface area contributed by atoms with Crippen LogP contribution in [0.25, 0.3) is 0 Å². The molecule has 1 heterocycles. The first-order valence-corrected chi connectivity index (χ1v) is 4.93. The molecule has 15 heavy (non-hydrogen) atoms. The molecule has 0 saturated carbocycles. The van der Waals surface area contributed by atoms with Gasteiger partial charge >= 0.3 is 5.97 Å². The Morgan fingerprint density at radius 3 is 2.60 bits per heavy atom. The minimum absolute atomic E-state index is 0.0139. The number of halogens is 3. The van der Waals surface area contributed by atoms with Crippen molar-refractivity contribution < 1.29 is 18.7 Å². The van der Waals surface area contributed by atoms with Crippen molar-refractivity contribution in [2.75, 3.05) is 0 Å². The maximum Gasteiger partial charge on any atom is 0.341 e. The average molecular weight is 282 g/mol. The third-order valence-electron chi connectivity index (χ3n) is 1.79. The zero-order valence-electron chi connectivity index (χ0n) is 7.26. The maximum absolute atomic E-state index is 12.5. The van der Waals surface area contributed by atoms with Gasteiger partial charge in [-0.1, -0.05) is 15.9 Å². The Hall–Kier alpha value is -1.24. The van der Waals surface area contributed by atoms with Gasteiger partial charge in [-0.2, -0.15) is 0 Å². The molecule has 0 aliphatic carbocycles. The van der Waals surface area contributed by atoms with Gasteiger partial charge in [0.15, 0.2) is 0 Å². The number of alkyl halides is 3. The van der Waals surface area contributed by atoms with Gasteiger partial charge in [0.2, 0.25) is 5.43 Å². The highest BCUT2D eigenvalue weighted by molar-refractivity contribution is 9.08. The zero-order valence-corrected chi connectivity index (χ0v) is 8.85. The largest absolute Gasteiger partial charge is 0.477 e. The van der Waals surface area contributed by atoms with Crippen molar-refractivity contribution in [3.8, 4) is 0 Å². The first-order chi connectivity index (χ1) is 6.99. The summed E-state index contributed by atoms with van der Waals surface area (Å²) in [5.74, 6) is -1.53. The number of aromatic nitrogens is 1. The molecule has 2 N–H and O–H groups in total. The normalized spacial score (nSPS) is 10.7. The van der Waals surface area contributed by atoms with Crippen molar-refractivity contribution in [3.63, 3.8) is 0 Å². The number of hydrogen-bond donors (Lipinski definition) is 2. The Morgan fingerprint density at radius 2 is 2.20 bits per heavy atom.